The van der Waals surface area contributed by atoms with Gasteiger partial charge in [-0.2, -0.15) is 0 Å². The quantitative estimate of drug-likeness (QED) is 0.824. The van der Waals surface area contributed by atoms with Gasteiger partial charge < -0.3 is 15.5 Å². The van der Waals surface area contributed by atoms with Gasteiger partial charge in [0.25, 0.3) is 0 Å². The highest BCUT2D eigenvalue weighted by Gasteiger charge is 2.24. The Labute approximate surface area is 119 Å². The van der Waals surface area contributed by atoms with Crippen molar-refractivity contribution in [1.82, 2.24) is 15.6 Å². The van der Waals surface area contributed by atoms with E-state index in [1.165, 1.54) is 11.3 Å². The highest BCUT2D eigenvalue weighted by atomic mass is 16.1. The molecule has 0 bridgehead atoms. The van der Waals surface area contributed by atoms with Crippen molar-refractivity contribution in [3.63, 3.8) is 0 Å². The zero-order chi connectivity index (χ0) is 13.9. The van der Waals surface area contributed by atoms with E-state index in [1.54, 1.807) is 6.92 Å². The average Bonchev–Trinajstić information content (AvgIpc) is 2.74. The summed E-state index contributed by atoms with van der Waals surface area (Å²) in [5.41, 5.74) is 2.60. The molecule has 0 aromatic carbocycles. The van der Waals surface area contributed by atoms with Crippen LogP contribution < -0.4 is 15.5 Å². The number of nitrogens with one attached hydrogen (secondary N) is 2. The minimum absolute atomic E-state index is 0.0535. The van der Waals surface area contributed by atoms with Gasteiger partial charge in [-0.1, -0.05) is 6.07 Å². The molecule has 1 aromatic rings. The van der Waals surface area contributed by atoms with E-state index in [2.05, 4.69) is 27.7 Å². The molecule has 0 spiro atoms. The molecule has 1 fully saturated rings. The number of amides is 1. The number of carbonyl (C=O) groups excluding carboxylic acids is 1. The lowest BCUT2D eigenvalue weighted by molar-refractivity contribution is -0.119. The van der Waals surface area contributed by atoms with Crippen LogP contribution in [-0.2, 0) is 17.6 Å². The van der Waals surface area contributed by atoms with Crippen LogP contribution in [0.2, 0.25) is 0 Å². The lowest BCUT2D eigenvalue weighted by Gasteiger charge is -2.19. The summed E-state index contributed by atoms with van der Waals surface area (Å²) in [7, 11) is 0. The molecule has 2 aliphatic rings. The first-order chi connectivity index (χ1) is 9.72. The molecule has 1 atom stereocenters. The Balaban J connectivity index is 1.72. The van der Waals surface area contributed by atoms with E-state index in [9.17, 15) is 4.79 Å². The largest absolute Gasteiger partial charge is 0.354 e. The van der Waals surface area contributed by atoms with Crippen LogP contribution in [0.5, 0.6) is 0 Å². The van der Waals surface area contributed by atoms with E-state index >= 15 is 0 Å². The predicted octanol–water partition coefficient (Wildman–Crippen LogP) is 0.485. The minimum atomic E-state index is 0.0535. The van der Waals surface area contributed by atoms with Gasteiger partial charge in [-0.15, -0.1) is 0 Å². The summed E-state index contributed by atoms with van der Waals surface area (Å²) >= 11 is 0. The van der Waals surface area contributed by atoms with Gasteiger partial charge in [0.2, 0.25) is 5.91 Å². The van der Waals surface area contributed by atoms with Crippen LogP contribution >= 0.6 is 0 Å². The molecule has 0 radical (unpaired) electrons. The van der Waals surface area contributed by atoms with Crippen LogP contribution in [0.3, 0.4) is 0 Å². The molecular weight excluding hydrogens is 252 g/mol. The molecule has 20 heavy (non-hydrogen) atoms. The molecule has 5 nitrogen and oxygen atoms in total. The Hall–Kier alpha value is -1.62. The van der Waals surface area contributed by atoms with E-state index in [1.807, 2.05) is 0 Å². The van der Waals surface area contributed by atoms with E-state index in [0.717, 1.165) is 51.3 Å². The van der Waals surface area contributed by atoms with Crippen molar-refractivity contribution in [2.45, 2.75) is 32.2 Å². The second-order valence-electron chi connectivity index (χ2n) is 5.66. The highest BCUT2D eigenvalue weighted by Crippen LogP contribution is 2.21. The van der Waals surface area contributed by atoms with Gasteiger partial charge in [-0.25, -0.2) is 4.98 Å². The second kappa shape index (κ2) is 5.79. The van der Waals surface area contributed by atoms with Crippen LogP contribution in [0.25, 0.3) is 0 Å². The Bertz CT molecular complexity index is 503. The maximum Gasteiger partial charge on any atom is 0.217 e. The van der Waals surface area contributed by atoms with Crippen LogP contribution in [0, 0.1) is 0 Å². The standard InChI is InChI=1S/C15H22N4O/c1-11(20)17-13-6-9-19(10-13)15-3-2-12-4-7-16-8-5-14(12)18-15/h2-3,13,16H,4-10H2,1H3,(H,17,20). The first-order valence-corrected chi connectivity index (χ1v) is 7.44. The summed E-state index contributed by atoms with van der Waals surface area (Å²) in [6.07, 6.45) is 3.07. The number of carbonyl (C=O) groups is 1. The molecule has 1 amide bonds. The van der Waals surface area contributed by atoms with Crippen LogP contribution in [0.1, 0.15) is 24.6 Å². The van der Waals surface area contributed by atoms with E-state index in [0.29, 0.717) is 0 Å². The average molecular weight is 274 g/mol. The fraction of sp³-hybridized carbons (Fsp3) is 0.600. The number of rotatable bonds is 2. The van der Waals surface area contributed by atoms with Crippen molar-refractivity contribution in [3.05, 3.63) is 23.4 Å². The van der Waals surface area contributed by atoms with Crippen LogP contribution in [-0.4, -0.2) is 43.1 Å². The molecule has 2 aliphatic heterocycles. The normalized spacial score (nSPS) is 22.2. The van der Waals surface area contributed by atoms with Gasteiger partial charge >= 0.3 is 0 Å². The molecule has 0 aliphatic carbocycles. The Morgan fingerprint density at radius 2 is 2.25 bits per heavy atom. The monoisotopic (exact) mass is 274 g/mol. The number of aromatic nitrogens is 1. The van der Waals surface area contributed by atoms with Crippen molar-refractivity contribution < 1.29 is 4.79 Å². The van der Waals surface area contributed by atoms with Crippen molar-refractivity contribution >= 4 is 11.7 Å². The van der Waals surface area contributed by atoms with Crippen molar-refractivity contribution in [3.8, 4) is 0 Å². The van der Waals surface area contributed by atoms with Crippen molar-refractivity contribution in [2.24, 2.45) is 0 Å². The summed E-state index contributed by atoms with van der Waals surface area (Å²) in [4.78, 5) is 18.2. The molecule has 5 heteroatoms. The maximum absolute atomic E-state index is 11.1. The number of pyridine rings is 1. The molecule has 108 valence electrons. The maximum atomic E-state index is 11.1. The van der Waals surface area contributed by atoms with E-state index in [-0.39, 0.29) is 11.9 Å². The molecule has 2 N–H and O–H groups in total. The molecule has 1 saturated heterocycles. The first kappa shape index (κ1) is 13.4. The lowest BCUT2D eigenvalue weighted by Crippen LogP contribution is -2.35. The summed E-state index contributed by atoms with van der Waals surface area (Å²) in [6.45, 7) is 5.47. The molecule has 3 heterocycles. The smallest absolute Gasteiger partial charge is 0.217 e. The topological polar surface area (TPSA) is 57.3 Å². The van der Waals surface area contributed by atoms with E-state index in [4.69, 9.17) is 4.98 Å². The third kappa shape index (κ3) is 2.93. The number of anilines is 1. The molecular formula is C15H22N4O. The zero-order valence-electron chi connectivity index (χ0n) is 12.0. The Morgan fingerprint density at radius 1 is 1.40 bits per heavy atom. The molecule has 1 unspecified atom stereocenters. The molecule has 1 aromatic heterocycles. The summed E-state index contributed by atoms with van der Waals surface area (Å²) < 4.78 is 0. The van der Waals surface area contributed by atoms with Gasteiger partial charge in [0, 0.05) is 44.7 Å². The number of fused-ring (bicyclic) bond motifs is 1. The molecule has 0 saturated carbocycles. The van der Waals surface area contributed by atoms with Gasteiger partial charge in [0.1, 0.15) is 5.82 Å². The van der Waals surface area contributed by atoms with Crippen molar-refractivity contribution in [2.75, 3.05) is 31.1 Å². The third-order valence-electron chi connectivity index (χ3n) is 4.08. The second-order valence-corrected chi connectivity index (χ2v) is 5.66. The summed E-state index contributed by atoms with van der Waals surface area (Å²) in [5, 5.41) is 6.41. The number of hydrogen-bond acceptors (Lipinski definition) is 4. The SMILES string of the molecule is CC(=O)NC1CCN(c2ccc3c(n2)CCNCC3)C1. The van der Waals surface area contributed by atoms with Gasteiger partial charge in [0.15, 0.2) is 0 Å². The first-order valence-electron chi connectivity index (χ1n) is 7.44. The lowest BCUT2D eigenvalue weighted by atomic mass is 10.1. The fourth-order valence-corrected chi connectivity index (χ4v) is 3.07. The third-order valence-corrected chi connectivity index (χ3v) is 4.08. The minimum Gasteiger partial charge on any atom is -0.354 e. The Kier molecular flexibility index (Phi) is 3.87. The van der Waals surface area contributed by atoms with Gasteiger partial charge in [-0.3, -0.25) is 4.79 Å². The van der Waals surface area contributed by atoms with Crippen molar-refractivity contribution in [1.29, 1.82) is 0 Å². The number of nitrogens with zero attached hydrogens (tertiary/aromatic N) is 2. The van der Waals surface area contributed by atoms with Crippen LogP contribution in [0.4, 0.5) is 5.82 Å². The highest BCUT2D eigenvalue weighted by molar-refractivity contribution is 5.73. The summed E-state index contributed by atoms with van der Waals surface area (Å²) in [5.74, 6) is 1.11. The van der Waals surface area contributed by atoms with E-state index < -0.39 is 0 Å². The van der Waals surface area contributed by atoms with Crippen LogP contribution in [0.15, 0.2) is 12.1 Å². The summed E-state index contributed by atoms with van der Waals surface area (Å²) in [6, 6.07) is 4.60. The molecule has 3 rings (SSSR count). The zero-order valence-corrected chi connectivity index (χ0v) is 12.0. The fourth-order valence-electron chi connectivity index (χ4n) is 3.07. The number of hydrogen-bond donors (Lipinski definition) is 2. The van der Waals surface area contributed by atoms with Gasteiger partial charge in [0.05, 0.1) is 0 Å². The predicted molar refractivity (Wildman–Crippen MR) is 78.9 cm³/mol. The Morgan fingerprint density at radius 3 is 3.10 bits per heavy atom. The van der Waals surface area contributed by atoms with Gasteiger partial charge in [-0.05, 0) is 31.0 Å².